The fourth-order valence-corrected chi connectivity index (χ4v) is 2.22. The van der Waals surface area contributed by atoms with Crippen molar-refractivity contribution in [2.75, 3.05) is 45.2 Å². The fraction of sp³-hybridized carbons (Fsp3) is 0.786. The normalized spacial score (nSPS) is 13.4. The zero-order valence-electron chi connectivity index (χ0n) is 13.6. The molecule has 0 spiro atoms. The number of carbonyl (C=O) groups is 1. The smallest absolute Gasteiger partial charge is 0.262 e. The Morgan fingerprint density at radius 1 is 1.43 bits per heavy atom. The maximum Gasteiger partial charge on any atom is 0.262 e. The molecule has 0 fully saturated rings. The number of aliphatic imine (C=N–C) groups is 2. The third-order valence-electron chi connectivity index (χ3n) is 2.77. The van der Waals surface area contributed by atoms with Crippen molar-refractivity contribution < 1.29 is 4.79 Å². The van der Waals surface area contributed by atoms with Crippen LogP contribution in [0.1, 0.15) is 20.3 Å². The highest BCUT2D eigenvalue weighted by Crippen LogP contribution is 1.98. The second kappa shape index (κ2) is 14.0. The van der Waals surface area contributed by atoms with Gasteiger partial charge >= 0.3 is 0 Å². The summed E-state index contributed by atoms with van der Waals surface area (Å²) in [7, 11) is 3.72. The molecule has 7 heteroatoms. The molecule has 0 heterocycles. The van der Waals surface area contributed by atoms with Gasteiger partial charge in [0.2, 0.25) is 0 Å². The van der Waals surface area contributed by atoms with E-state index in [0.29, 0.717) is 0 Å². The molecule has 2 N–H and O–H groups in total. The zero-order valence-corrected chi connectivity index (χ0v) is 14.4. The first-order chi connectivity index (χ1) is 10.1. The van der Waals surface area contributed by atoms with Crippen LogP contribution >= 0.6 is 11.8 Å². The van der Waals surface area contributed by atoms with Crippen molar-refractivity contribution in [2.45, 2.75) is 26.4 Å². The van der Waals surface area contributed by atoms with Gasteiger partial charge in [0.1, 0.15) is 6.34 Å². The molecular formula is C14H29N5OS. The van der Waals surface area contributed by atoms with Gasteiger partial charge in [-0.3, -0.25) is 15.1 Å². The second-order valence-corrected chi connectivity index (χ2v) is 6.03. The molecule has 0 rings (SSSR count). The van der Waals surface area contributed by atoms with Gasteiger partial charge < -0.3 is 10.2 Å². The van der Waals surface area contributed by atoms with Crippen LogP contribution < -0.4 is 10.6 Å². The highest BCUT2D eigenvalue weighted by Gasteiger charge is 1.99. The van der Waals surface area contributed by atoms with Crippen molar-refractivity contribution in [3.8, 4) is 0 Å². The summed E-state index contributed by atoms with van der Waals surface area (Å²) in [6.45, 7) is 7.30. The third-order valence-corrected chi connectivity index (χ3v) is 3.65. The van der Waals surface area contributed by atoms with Gasteiger partial charge in [0.25, 0.3) is 5.91 Å². The summed E-state index contributed by atoms with van der Waals surface area (Å²) >= 11 is 1.98. The lowest BCUT2D eigenvalue weighted by Crippen LogP contribution is -2.29. The first kappa shape index (κ1) is 20.1. The molecule has 0 saturated carbocycles. The summed E-state index contributed by atoms with van der Waals surface area (Å²) in [5.74, 6) is 2.16. The molecule has 1 unspecified atom stereocenters. The van der Waals surface area contributed by atoms with Gasteiger partial charge in [0.05, 0.1) is 12.4 Å². The Labute approximate surface area is 132 Å². The molecule has 0 aromatic carbocycles. The van der Waals surface area contributed by atoms with Gasteiger partial charge in [-0.2, -0.15) is 11.8 Å². The summed E-state index contributed by atoms with van der Waals surface area (Å²) in [4.78, 5) is 21.2. The largest absolute Gasteiger partial charge is 0.354 e. The van der Waals surface area contributed by atoms with Gasteiger partial charge in [-0.1, -0.05) is 6.92 Å². The van der Waals surface area contributed by atoms with Gasteiger partial charge in [-0.15, -0.1) is 0 Å². The monoisotopic (exact) mass is 315 g/mol. The van der Waals surface area contributed by atoms with Crippen molar-refractivity contribution in [2.24, 2.45) is 9.98 Å². The summed E-state index contributed by atoms with van der Waals surface area (Å²) in [6, 6.07) is 0. The number of amides is 1. The van der Waals surface area contributed by atoms with Crippen LogP contribution in [0.2, 0.25) is 0 Å². The second-order valence-electron chi connectivity index (χ2n) is 4.64. The molecule has 0 bridgehead atoms. The van der Waals surface area contributed by atoms with E-state index < -0.39 is 0 Å². The Kier molecular flexibility index (Phi) is 13.4. The van der Waals surface area contributed by atoms with Crippen LogP contribution in [-0.4, -0.2) is 74.8 Å². The van der Waals surface area contributed by atoms with E-state index >= 15 is 0 Å². The van der Waals surface area contributed by atoms with E-state index in [1.165, 1.54) is 24.1 Å². The van der Waals surface area contributed by atoms with Gasteiger partial charge in [-0.25, -0.2) is 4.99 Å². The molecule has 1 amide bonds. The lowest BCUT2D eigenvalue weighted by molar-refractivity contribution is -0.113. The minimum absolute atomic E-state index is 0.00721. The quantitative estimate of drug-likeness (QED) is 0.318. The maximum absolute atomic E-state index is 10.9. The third kappa shape index (κ3) is 13.8. The number of nitrogens with zero attached hydrogens (tertiary/aromatic N) is 3. The number of carbonyl (C=O) groups excluding carboxylic acids is 1. The van der Waals surface area contributed by atoms with Crippen LogP contribution in [0, 0.1) is 0 Å². The summed E-state index contributed by atoms with van der Waals surface area (Å²) in [5.41, 5.74) is 0. The zero-order chi connectivity index (χ0) is 15.9. The highest BCUT2D eigenvalue weighted by atomic mass is 32.2. The molecule has 122 valence electrons. The first-order valence-electron chi connectivity index (χ1n) is 7.36. The summed E-state index contributed by atoms with van der Waals surface area (Å²) in [6.07, 6.45) is 3.71. The average Bonchev–Trinajstić information content (AvgIpc) is 2.48. The fourth-order valence-electron chi connectivity index (χ4n) is 1.49. The predicted molar refractivity (Wildman–Crippen MR) is 93.6 cm³/mol. The number of rotatable bonds is 12. The van der Waals surface area contributed by atoms with Crippen molar-refractivity contribution >= 4 is 30.2 Å². The molecule has 0 saturated heterocycles. The standard InChI is InChI=1S/C14H29N5OS/c1-5-21-10-9-19(4)8-6-7-17-13(2)18-12-16-11-14(20)15-3/h11-13,17H,5-10H2,1-4H3,(H,15,20). The molecule has 6 nitrogen and oxygen atoms in total. The minimum Gasteiger partial charge on any atom is -0.354 e. The van der Waals surface area contributed by atoms with Crippen molar-refractivity contribution in [3.05, 3.63) is 0 Å². The first-order valence-corrected chi connectivity index (χ1v) is 8.51. The Balaban J connectivity index is 3.61. The van der Waals surface area contributed by atoms with E-state index in [-0.39, 0.29) is 12.1 Å². The molecule has 0 aliphatic heterocycles. The number of hydrogen-bond acceptors (Lipinski definition) is 5. The van der Waals surface area contributed by atoms with Crippen molar-refractivity contribution in [1.29, 1.82) is 0 Å². The van der Waals surface area contributed by atoms with Crippen LogP contribution in [0.5, 0.6) is 0 Å². The van der Waals surface area contributed by atoms with E-state index in [0.717, 1.165) is 26.1 Å². The van der Waals surface area contributed by atoms with Crippen LogP contribution in [-0.2, 0) is 4.79 Å². The molecule has 0 aromatic rings. The Bertz CT molecular complexity index is 322. The van der Waals surface area contributed by atoms with Crippen LogP contribution in [0.3, 0.4) is 0 Å². The molecule has 21 heavy (non-hydrogen) atoms. The molecule has 0 aliphatic rings. The Hall–Kier alpha value is -0.920. The van der Waals surface area contributed by atoms with Crippen LogP contribution in [0.25, 0.3) is 0 Å². The SMILES string of the molecule is CCSCCN(C)CCCNC(C)N=CN=CC(=O)NC. The van der Waals surface area contributed by atoms with E-state index in [4.69, 9.17) is 0 Å². The lowest BCUT2D eigenvalue weighted by Gasteiger charge is -2.16. The van der Waals surface area contributed by atoms with Crippen molar-refractivity contribution in [3.63, 3.8) is 0 Å². The lowest BCUT2D eigenvalue weighted by atomic mass is 10.4. The molecular weight excluding hydrogens is 286 g/mol. The van der Waals surface area contributed by atoms with E-state index in [1.54, 1.807) is 7.05 Å². The summed E-state index contributed by atoms with van der Waals surface area (Å²) in [5, 5.41) is 5.76. The Morgan fingerprint density at radius 3 is 2.86 bits per heavy atom. The molecule has 1 atom stereocenters. The average molecular weight is 315 g/mol. The minimum atomic E-state index is -0.230. The van der Waals surface area contributed by atoms with Gasteiger partial charge in [0, 0.05) is 19.3 Å². The van der Waals surface area contributed by atoms with E-state index in [9.17, 15) is 4.79 Å². The van der Waals surface area contributed by atoms with Crippen LogP contribution in [0.15, 0.2) is 9.98 Å². The maximum atomic E-state index is 10.9. The number of hydrogen-bond donors (Lipinski definition) is 2. The van der Waals surface area contributed by atoms with Crippen molar-refractivity contribution in [1.82, 2.24) is 15.5 Å². The van der Waals surface area contributed by atoms with E-state index in [1.807, 2.05) is 18.7 Å². The van der Waals surface area contributed by atoms with Gasteiger partial charge in [0.15, 0.2) is 0 Å². The molecule has 0 aromatic heterocycles. The van der Waals surface area contributed by atoms with Crippen LogP contribution in [0.4, 0.5) is 0 Å². The van der Waals surface area contributed by atoms with E-state index in [2.05, 4.69) is 39.5 Å². The predicted octanol–water partition coefficient (Wildman–Crippen LogP) is 0.842. The molecule has 0 aliphatic carbocycles. The summed E-state index contributed by atoms with van der Waals surface area (Å²) < 4.78 is 0. The molecule has 0 radical (unpaired) electrons. The number of nitrogens with one attached hydrogen (secondary N) is 2. The van der Waals surface area contributed by atoms with Gasteiger partial charge in [-0.05, 0) is 39.2 Å². The number of thioether (sulfide) groups is 1. The topological polar surface area (TPSA) is 69.1 Å². The highest BCUT2D eigenvalue weighted by molar-refractivity contribution is 7.99. The Morgan fingerprint density at radius 2 is 2.19 bits per heavy atom.